The Morgan fingerprint density at radius 1 is 1.24 bits per heavy atom. The molecule has 0 aromatic heterocycles. The fraction of sp³-hybridized carbons (Fsp3) is 0.0588. The normalized spacial score (nSPS) is 9.60. The summed E-state index contributed by atoms with van der Waals surface area (Å²) in [5, 5.41) is 31.8. The number of carbonyl (C=O) groups is 1. The first-order valence-electron chi connectivity index (χ1n) is 6.73. The van der Waals surface area contributed by atoms with Gasteiger partial charge in [0.25, 0.3) is 0 Å². The van der Waals surface area contributed by atoms with Crippen molar-refractivity contribution >= 4 is 35.0 Å². The quantitative estimate of drug-likeness (QED) is 0.636. The molecular formula is C17H8ClFN4OS. The van der Waals surface area contributed by atoms with Gasteiger partial charge in [-0.25, -0.2) is 4.39 Å². The van der Waals surface area contributed by atoms with Crippen molar-refractivity contribution in [1.82, 2.24) is 0 Å². The minimum Gasteiger partial charge on any atom is -0.325 e. The lowest BCUT2D eigenvalue weighted by atomic mass is 9.97. The van der Waals surface area contributed by atoms with Crippen LogP contribution in [0.4, 0.5) is 10.1 Å². The second-order valence-corrected chi connectivity index (χ2v) is 6.01. The van der Waals surface area contributed by atoms with Crippen LogP contribution in [-0.4, -0.2) is 5.91 Å². The van der Waals surface area contributed by atoms with E-state index in [0.29, 0.717) is 0 Å². The number of hydrogen-bond acceptors (Lipinski definition) is 5. The summed E-state index contributed by atoms with van der Waals surface area (Å²) in [6.45, 7) is 1.26. The number of nitrogens with one attached hydrogen (secondary N) is 1. The van der Waals surface area contributed by atoms with E-state index >= 15 is 0 Å². The third kappa shape index (κ3) is 3.72. The van der Waals surface area contributed by atoms with Crippen LogP contribution >= 0.6 is 23.4 Å². The lowest BCUT2D eigenvalue weighted by molar-refractivity contribution is -0.114. The fourth-order valence-electron chi connectivity index (χ4n) is 2.22. The van der Waals surface area contributed by atoms with Gasteiger partial charge in [0.1, 0.15) is 23.4 Å². The minimum absolute atomic E-state index is 0.0502. The molecule has 2 aromatic carbocycles. The standard InChI is InChI=1S/C17H8ClFN4OS/c1-9(24)23-15-3-2-14(19)17(12(15)7-21)11-5-16(25-8-22)10(6-20)4-13(11)18/h2-5H,1H3,(H,23,24). The Kier molecular flexibility index (Phi) is 5.62. The SMILES string of the molecule is CC(=O)Nc1ccc(F)c(-c2cc(SC#N)c(C#N)cc2Cl)c1C#N. The zero-order valence-electron chi connectivity index (χ0n) is 12.7. The molecule has 0 saturated carbocycles. The zero-order chi connectivity index (χ0) is 18.6. The van der Waals surface area contributed by atoms with Crippen molar-refractivity contribution in [3.8, 4) is 28.7 Å². The van der Waals surface area contributed by atoms with E-state index in [1.54, 1.807) is 0 Å². The van der Waals surface area contributed by atoms with E-state index < -0.39 is 11.7 Å². The molecule has 0 fully saturated rings. The molecule has 0 atom stereocenters. The number of nitriles is 3. The van der Waals surface area contributed by atoms with Crippen LogP contribution in [0.2, 0.25) is 5.02 Å². The largest absolute Gasteiger partial charge is 0.325 e. The number of thiocyanates is 1. The first kappa shape index (κ1) is 18.3. The first-order chi connectivity index (χ1) is 11.9. The van der Waals surface area contributed by atoms with E-state index in [0.717, 1.165) is 17.8 Å². The summed E-state index contributed by atoms with van der Waals surface area (Å²) in [5.74, 6) is -1.13. The Morgan fingerprint density at radius 3 is 2.52 bits per heavy atom. The Labute approximate surface area is 152 Å². The Hall–Kier alpha value is -3.05. The summed E-state index contributed by atoms with van der Waals surface area (Å²) in [4.78, 5) is 11.6. The number of rotatable bonds is 3. The molecule has 1 N–H and O–H groups in total. The van der Waals surface area contributed by atoms with Crippen LogP contribution < -0.4 is 5.32 Å². The molecule has 0 aliphatic rings. The van der Waals surface area contributed by atoms with Crippen LogP contribution in [0.25, 0.3) is 11.1 Å². The molecule has 0 saturated heterocycles. The van der Waals surface area contributed by atoms with Gasteiger partial charge >= 0.3 is 0 Å². The van der Waals surface area contributed by atoms with Gasteiger partial charge in [0, 0.05) is 28.0 Å². The van der Waals surface area contributed by atoms with Gasteiger partial charge in [0.2, 0.25) is 5.91 Å². The number of carbonyl (C=O) groups excluding carboxylic acids is 1. The highest BCUT2D eigenvalue weighted by Gasteiger charge is 2.20. The lowest BCUT2D eigenvalue weighted by Crippen LogP contribution is -2.08. The molecule has 0 bridgehead atoms. The number of thioether (sulfide) groups is 1. The van der Waals surface area contributed by atoms with Gasteiger partial charge in [0.15, 0.2) is 0 Å². The molecule has 0 aliphatic carbocycles. The minimum atomic E-state index is -0.717. The van der Waals surface area contributed by atoms with Crippen LogP contribution in [0.3, 0.4) is 0 Å². The van der Waals surface area contributed by atoms with Crippen LogP contribution in [0.1, 0.15) is 18.1 Å². The van der Waals surface area contributed by atoms with Crippen molar-refractivity contribution in [2.24, 2.45) is 0 Å². The average molecular weight is 371 g/mol. The van der Waals surface area contributed by atoms with Gasteiger partial charge in [-0.05, 0) is 36.0 Å². The topological polar surface area (TPSA) is 100 Å². The van der Waals surface area contributed by atoms with E-state index in [1.165, 1.54) is 25.1 Å². The maximum absolute atomic E-state index is 14.5. The zero-order valence-corrected chi connectivity index (χ0v) is 14.3. The van der Waals surface area contributed by atoms with Crippen molar-refractivity contribution in [1.29, 1.82) is 15.8 Å². The molecule has 2 aromatic rings. The van der Waals surface area contributed by atoms with E-state index in [4.69, 9.17) is 22.1 Å². The van der Waals surface area contributed by atoms with Crippen LogP contribution in [0, 0.1) is 39.1 Å². The van der Waals surface area contributed by atoms with E-state index in [1.807, 2.05) is 17.5 Å². The molecular weight excluding hydrogens is 363 g/mol. The lowest BCUT2D eigenvalue weighted by Gasteiger charge is -2.13. The molecule has 0 spiro atoms. The number of nitrogens with zero attached hydrogens (tertiary/aromatic N) is 3. The number of benzene rings is 2. The molecule has 122 valence electrons. The molecule has 0 unspecified atom stereocenters. The van der Waals surface area contributed by atoms with Gasteiger partial charge in [-0.1, -0.05) is 11.6 Å². The van der Waals surface area contributed by atoms with Crippen molar-refractivity contribution in [2.75, 3.05) is 5.32 Å². The third-order valence-electron chi connectivity index (χ3n) is 3.19. The van der Waals surface area contributed by atoms with Gasteiger partial charge in [0.05, 0.1) is 16.8 Å². The summed E-state index contributed by atoms with van der Waals surface area (Å²) in [7, 11) is 0. The number of amides is 1. The Balaban J connectivity index is 2.81. The van der Waals surface area contributed by atoms with E-state index in [-0.39, 0.29) is 37.9 Å². The average Bonchev–Trinajstić information content (AvgIpc) is 2.57. The van der Waals surface area contributed by atoms with Crippen LogP contribution in [0.5, 0.6) is 0 Å². The van der Waals surface area contributed by atoms with Crippen LogP contribution in [-0.2, 0) is 4.79 Å². The first-order valence-corrected chi connectivity index (χ1v) is 7.92. The number of anilines is 1. The number of halogens is 2. The van der Waals surface area contributed by atoms with E-state index in [2.05, 4.69) is 5.32 Å². The van der Waals surface area contributed by atoms with Gasteiger partial charge in [-0.3, -0.25) is 4.79 Å². The molecule has 0 radical (unpaired) electrons. The summed E-state index contributed by atoms with van der Waals surface area (Å²) < 4.78 is 14.5. The van der Waals surface area contributed by atoms with Crippen LogP contribution in [0.15, 0.2) is 29.2 Å². The summed E-state index contributed by atoms with van der Waals surface area (Å²) >= 11 is 6.89. The molecule has 25 heavy (non-hydrogen) atoms. The highest BCUT2D eigenvalue weighted by Crippen LogP contribution is 2.39. The highest BCUT2D eigenvalue weighted by molar-refractivity contribution is 8.03. The molecule has 8 heteroatoms. The molecule has 5 nitrogen and oxygen atoms in total. The molecule has 1 amide bonds. The Morgan fingerprint density at radius 2 is 1.96 bits per heavy atom. The summed E-state index contributed by atoms with van der Waals surface area (Å²) in [5.41, 5.74) is 0.246. The van der Waals surface area contributed by atoms with Gasteiger partial charge < -0.3 is 5.32 Å². The maximum atomic E-state index is 14.5. The maximum Gasteiger partial charge on any atom is 0.221 e. The molecule has 0 aliphatic heterocycles. The monoisotopic (exact) mass is 370 g/mol. The fourth-order valence-corrected chi connectivity index (χ4v) is 2.96. The molecule has 2 rings (SSSR count). The number of hydrogen-bond donors (Lipinski definition) is 1. The van der Waals surface area contributed by atoms with Gasteiger partial charge in [-0.2, -0.15) is 15.8 Å². The highest BCUT2D eigenvalue weighted by atomic mass is 35.5. The summed E-state index contributed by atoms with van der Waals surface area (Å²) in [6, 6.07) is 8.85. The molecule has 0 heterocycles. The predicted molar refractivity (Wildman–Crippen MR) is 92.0 cm³/mol. The van der Waals surface area contributed by atoms with Crippen molar-refractivity contribution in [3.63, 3.8) is 0 Å². The van der Waals surface area contributed by atoms with Crippen molar-refractivity contribution in [2.45, 2.75) is 11.8 Å². The Bertz CT molecular complexity index is 1000. The van der Waals surface area contributed by atoms with Gasteiger partial charge in [-0.15, -0.1) is 0 Å². The second-order valence-electron chi connectivity index (χ2n) is 4.77. The second kappa shape index (κ2) is 7.68. The third-order valence-corrected chi connectivity index (χ3v) is 4.15. The van der Waals surface area contributed by atoms with Crippen molar-refractivity contribution < 1.29 is 9.18 Å². The summed E-state index contributed by atoms with van der Waals surface area (Å²) in [6.07, 6.45) is 0. The van der Waals surface area contributed by atoms with Crippen molar-refractivity contribution in [3.05, 3.63) is 46.2 Å². The predicted octanol–water partition coefficient (Wildman–Crippen LogP) is 4.42. The van der Waals surface area contributed by atoms with E-state index in [9.17, 15) is 14.4 Å². The smallest absolute Gasteiger partial charge is 0.221 e.